The molecule has 0 aliphatic carbocycles. The van der Waals surface area contributed by atoms with Crippen LogP contribution in [-0.2, 0) is 9.84 Å². The average molecular weight is 307 g/mol. The zero-order valence-electron chi connectivity index (χ0n) is 11.8. The largest absolute Gasteiger partial charge is 0.393 e. The Kier molecular flexibility index (Phi) is 4.27. The first kappa shape index (κ1) is 15.0. The number of nitrogens with zero attached hydrogens (tertiary/aromatic N) is 2. The molecule has 0 saturated carbocycles. The Hall–Kier alpha value is -2.35. The lowest BCUT2D eigenvalue weighted by Gasteiger charge is -2.11. The van der Waals surface area contributed by atoms with Gasteiger partial charge in [0.25, 0.3) is 0 Å². The first-order valence-corrected chi connectivity index (χ1v) is 8.22. The molecule has 0 amide bonds. The second-order valence-corrected chi connectivity index (χ2v) is 6.45. The van der Waals surface area contributed by atoms with E-state index in [2.05, 4.69) is 20.6 Å². The fraction of sp³-hybridized carbons (Fsp3) is 0.231. The SMILES string of the molecule is CCNc1ncnc(Nc2ccc(S(C)(=O)=O)cc2)c1N. The highest BCUT2D eigenvalue weighted by Gasteiger charge is 2.09. The van der Waals surface area contributed by atoms with E-state index in [1.165, 1.54) is 24.7 Å². The molecule has 0 radical (unpaired) electrons. The van der Waals surface area contributed by atoms with Crippen molar-refractivity contribution in [1.29, 1.82) is 0 Å². The third kappa shape index (κ3) is 3.60. The molecule has 2 aromatic rings. The number of aromatic nitrogens is 2. The first-order valence-electron chi connectivity index (χ1n) is 6.33. The van der Waals surface area contributed by atoms with E-state index in [1.807, 2.05) is 6.92 Å². The van der Waals surface area contributed by atoms with Gasteiger partial charge in [-0.15, -0.1) is 0 Å². The van der Waals surface area contributed by atoms with Crippen molar-refractivity contribution in [2.45, 2.75) is 11.8 Å². The van der Waals surface area contributed by atoms with Gasteiger partial charge in [-0.25, -0.2) is 18.4 Å². The van der Waals surface area contributed by atoms with Crippen molar-refractivity contribution in [3.63, 3.8) is 0 Å². The Morgan fingerprint density at radius 3 is 2.33 bits per heavy atom. The van der Waals surface area contributed by atoms with E-state index in [0.29, 0.717) is 29.6 Å². The van der Waals surface area contributed by atoms with Crippen molar-refractivity contribution in [3.8, 4) is 0 Å². The van der Waals surface area contributed by atoms with Crippen LogP contribution in [0.3, 0.4) is 0 Å². The summed E-state index contributed by atoms with van der Waals surface area (Å²) in [6, 6.07) is 6.37. The van der Waals surface area contributed by atoms with Gasteiger partial charge < -0.3 is 16.4 Å². The fourth-order valence-corrected chi connectivity index (χ4v) is 2.36. The zero-order valence-corrected chi connectivity index (χ0v) is 12.6. The van der Waals surface area contributed by atoms with Gasteiger partial charge in [0, 0.05) is 18.5 Å². The number of nitrogens with two attached hydrogens (primary N) is 1. The van der Waals surface area contributed by atoms with E-state index in [0.717, 1.165) is 0 Å². The normalized spacial score (nSPS) is 11.1. The van der Waals surface area contributed by atoms with Crippen LogP contribution >= 0.6 is 0 Å². The van der Waals surface area contributed by atoms with Crippen LogP contribution < -0.4 is 16.4 Å². The summed E-state index contributed by atoms with van der Waals surface area (Å²) in [5.41, 5.74) is 7.07. The second kappa shape index (κ2) is 5.96. The Labute approximate surface area is 123 Å². The molecule has 0 fully saturated rings. The molecule has 1 aromatic heterocycles. The monoisotopic (exact) mass is 307 g/mol. The van der Waals surface area contributed by atoms with Gasteiger partial charge in [-0.2, -0.15) is 0 Å². The Bertz CT molecular complexity index is 729. The van der Waals surface area contributed by atoms with E-state index >= 15 is 0 Å². The van der Waals surface area contributed by atoms with Gasteiger partial charge in [-0.3, -0.25) is 0 Å². The summed E-state index contributed by atoms with van der Waals surface area (Å²) in [5.74, 6) is 1.02. The standard InChI is InChI=1S/C13H17N5O2S/c1-3-15-12-11(14)13(17-8-16-12)18-9-4-6-10(7-5-9)21(2,19)20/h4-8H,3,14H2,1-2H3,(H2,15,16,17,18). The van der Waals surface area contributed by atoms with Gasteiger partial charge in [0.1, 0.15) is 12.0 Å². The number of hydrogen-bond acceptors (Lipinski definition) is 7. The topological polar surface area (TPSA) is 110 Å². The summed E-state index contributed by atoms with van der Waals surface area (Å²) >= 11 is 0. The van der Waals surface area contributed by atoms with Gasteiger partial charge in [-0.1, -0.05) is 0 Å². The van der Waals surface area contributed by atoms with Crippen LogP contribution in [0.15, 0.2) is 35.5 Å². The number of nitrogen functional groups attached to an aromatic ring is 1. The smallest absolute Gasteiger partial charge is 0.175 e. The van der Waals surface area contributed by atoms with E-state index in [1.54, 1.807) is 12.1 Å². The predicted molar refractivity (Wildman–Crippen MR) is 83.4 cm³/mol. The lowest BCUT2D eigenvalue weighted by molar-refractivity contribution is 0.602. The maximum Gasteiger partial charge on any atom is 0.175 e. The van der Waals surface area contributed by atoms with Crippen LogP contribution in [0.4, 0.5) is 23.0 Å². The van der Waals surface area contributed by atoms with Gasteiger partial charge in [0.15, 0.2) is 21.5 Å². The molecule has 7 nitrogen and oxygen atoms in total. The molecule has 0 aliphatic rings. The van der Waals surface area contributed by atoms with Gasteiger partial charge in [0.2, 0.25) is 0 Å². The van der Waals surface area contributed by atoms with Crippen LogP contribution in [0.2, 0.25) is 0 Å². The molecule has 0 atom stereocenters. The number of anilines is 4. The minimum atomic E-state index is -3.20. The van der Waals surface area contributed by atoms with Crippen LogP contribution in [0, 0.1) is 0 Å². The molecule has 2 rings (SSSR count). The maximum absolute atomic E-state index is 11.4. The molecule has 1 aromatic carbocycles. The molecule has 0 spiro atoms. The molecule has 1 heterocycles. The van der Waals surface area contributed by atoms with E-state index in [4.69, 9.17) is 5.73 Å². The first-order chi connectivity index (χ1) is 9.91. The van der Waals surface area contributed by atoms with E-state index in [9.17, 15) is 8.42 Å². The van der Waals surface area contributed by atoms with Gasteiger partial charge >= 0.3 is 0 Å². The van der Waals surface area contributed by atoms with Crippen LogP contribution in [0.25, 0.3) is 0 Å². The highest BCUT2D eigenvalue weighted by atomic mass is 32.2. The number of sulfone groups is 1. The van der Waals surface area contributed by atoms with Crippen LogP contribution in [-0.4, -0.2) is 31.2 Å². The van der Waals surface area contributed by atoms with E-state index < -0.39 is 9.84 Å². The molecule has 21 heavy (non-hydrogen) atoms. The summed E-state index contributed by atoms with van der Waals surface area (Å²) < 4.78 is 22.8. The molecule has 0 unspecified atom stereocenters. The number of rotatable bonds is 5. The Morgan fingerprint density at radius 2 is 1.76 bits per heavy atom. The highest BCUT2D eigenvalue weighted by molar-refractivity contribution is 7.90. The van der Waals surface area contributed by atoms with Crippen LogP contribution in [0.5, 0.6) is 0 Å². The zero-order chi connectivity index (χ0) is 15.5. The quantitative estimate of drug-likeness (QED) is 0.770. The van der Waals surface area contributed by atoms with Crippen molar-refractivity contribution in [3.05, 3.63) is 30.6 Å². The molecule has 0 bridgehead atoms. The summed E-state index contributed by atoms with van der Waals surface area (Å²) in [7, 11) is -3.20. The van der Waals surface area contributed by atoms with Gasteiger partial charge in [-0.05, 0) is 31.2 Å². The molecule has 0 aliphatic heterocycles. The molecule has 0 saturated heterocycles. The predicted octanol–water partition coefficient (Wildman–Crippen LogP) is 1.64. The van der Waals surface area contributed by atoms with Crippen molar-refractivity contribution in [2.75, 3.05) is 29.2 Å². The summed E-state index contributed by atoms with van der Waals surface area (Å²) in [4.78, 5) is 8.39. The Balaban J connectivity index is 2.24. The maximum atomic E-state index is 11.4. The number of hydrogen-bond donors (Lipinski definition) is 3. The van der Waals surface area contributed by atoms with Crippen molar-refractivity contribution < 1.29 is 8.42 Å². The summed E-state index contributed by atoms with van der Waals surface area (Å²) in [6.45, 7) is 2.64. The summed E-state index contributed by atoms with van der Waals surface area (Å²) in [6.07, 6.45) is 2.57. The lowest BCUT2D eigenvalue weighted by Crippen LogP contribution is -2.07. The van der Waals surface area contributed by atoms with E-state index in [-0.39, 0.29) is 4.90 Å². The molecular weight excluding hydrogens is 290 g/mol. The fourth-order valence-electron chi connectivity index (χ4n) is 1.73. The second-order valence-electron chi connectivity index (χ2n) is 4.44. The van der Waals surface area contributed by atoms with Crippen molar-refractivity contribution in [2.24, 2.45) is 0 Å². The Morgan fingerprint density at radius 1 is 1.14 bits per heavy atom. The number of benzene rings is 1. The third-order valence-electron chi connectivity index (χ3n) is 2.77. The van der Waals surface area contributed by atoms with Crippen molar-refractivity contribution in [1.82, 2.24) is 9.97 Å². The molecule has 4 N–H and O–H groups in total. The molecular formula is C13H17N5O2S. The average Bonchev–Trinajstić information content (AvgIpc) is 2.43. The van der Waals surface area contributed by atoms with Gasteiger partial charge in [0.05, 0.1) is 4.90 Å². The minimum absolute atomic E-state index is 0.261. The van der Waals surface area contributed by atoms with Crippen LogP contribution in [0.1, 0.15) is 6.92 Å². The highest BCUT2D eigenvalue weighted by Crippen LogP contribution is 2.26. The lowest BCUT2D eigenvalue weighted by atomic mass is 10.3. The molecule has 112 valence electrons. The third-order valence-corrected chi connectivity index (χ3v) is 3.90. The molecule has 8 heteroatoms. The van der Waals surface area contributed by atoms with Crippen molar-refractivity contribution >= 4 is 32.8 Å². The summed E-state index contributed by atoms with van der Waals surface area (Å²) in [5, 5.41) is 6.07. The number of nitrogens with one attached hydrogen (secondary N) is 2. The minimum Gasteiger partial charge on any atom is -0.393 e.